The highest BCUT2D eigenvalue weighted by molar-refractivity contribution is 6.30. The number of ether oxygens (including phenoxy) is 1. The van der Waals surface area contributed by atoms with Gasteiger partial charge in [-0.3, -0.25) is 4.79 Å². The van der Waals surface area contributed by atoms with Crippen LogP contribution >= 0.6 is 11.6 Å². The van der Waals surface area contributed by atoms with Crippen molar-refractivity contribution in [2.75, 3.05) is 0 Å². The van der Waals surface area contributed by atoms with Crippen molar-refractivity contribution in [2.24, 2.45) is 0 Å². The molecule has 3 aromatic rings. The second-order valence-electron chi connectivity index (χ2n) is 5.12. The van der Waals surface area contributed by atoms with Gasteiger partial charge in [-0.15, -0.1) is 0 Å². The molecule has 0 spiro atoms. The Kier molecular flexibility index (Phi) is 4.74. The SMILES string of the molecule is O=Cc1c(OCc2ccccc2)cccc1-c1cccc(Cl)c1. The molecule has 114 valence electrons. The molecule has 3 heteroatoms. The van der Waals surface area contributed by atoms with Gasteiger partial charge in [-0.05, 0) is 34.9 Å². The van der Waals surface area contributed by atoms with Crippen LogP contribution in [-0.2, 0) is 6.61 Å². The molecule has 0 N–H and O–H groups in total. The molecule has 0 heterocycles. The maximum atomic E-state index is 11.6. The lowest BCUT2D eigenvalue weighted by molar-refractivity contribution is 0.111. The summed E-state index contributed by atoms with van der Waals surface area (Å²) >= 11 is 6.05. The van der Waals surface area contributed by atoms with Gasteiger partial charge in [-0.1, -0.05) is 66.2 Å². The van der Waals surface area contributed by atoms with Crippen molar-refractivity contribution in [1.29, 1.82) is 0 Å². The Balaban J connectivity index is 1.92. The van der Waals surface area contributed by atoms with Crippen LogP contribution < -0.4 is 4.74 Å². The fourth-order valence-corrected chi connectivity index (χ4v) is 2.62. The molecule has 0 aliphatic heterocycles. The molecule has 0 saturated heterocycles. The van der Waals surface area contributed by atoms with Crippen molar-refractivity contribution in [3.63, 3.8) is 0 Å². The van der Waals surface area contributed by atoms with Gasteiger partial charge in [0.1, 0.15) is 12.4 Å². The molecule has 0 aliphatic carbocycles. The van der Waals surface area contributed by atoms with Crippen molar-refractivity contribution in [3.05, 3.63) is 88.9 Å². The van der Waals surface area contributed by atoms with Crippen LogP contribution in [-0.4, -0.2) is 6.29 Å². The lowest BCUT2D eigenvalue weighted by atomic mass is 9.99. The van der Waals surface area contributed by atoms with Crippen LogP contribution in [0, 0.1) is 0 Å². The summed E-state index contributed by atoms with van der Waals surface area (Å²) in [5.41, 5.74) is 3.29. The van der Waals surface area contributed by atoms with Crippen molar-refractivity contribution in [2.45, 2.75) is 6.61 Å². The molecule has 3 rings (SSSR count). The minimum Gasteiger partial charge on any atom is -0.488 e. The standard InChI is InChI=1S/C20H15ClO2/c21-17-9-4-8-16(12-17)18-10-5-11-20(19(18)13-22)23-14-15-6-2-1-3-7-15/h1-13H,14H2. The van der Waals surface area contributed by atoms with E-state index in [1.807, 2.05) is 60.7 Å². The zero-order valence-electron chi connectivity index (χ0n) is 12.4. The molecule has 0 amide bonds. The largest absolute Gasteiger partial charge is 0.488 e. The van der Waals surface area contributed by atoms with Crippen LogP contribution in [0.5, 0.6) is 5.75 Å². The number of halogens is 1. The Hall–Kier alpha value is -2.58. The summed E-state index contributed by atoms with van der Waals surface area (Å²) in [6, 6.07) is 22.9. The predicted molar refractivity (Wildman–Crippen MR) is 93.0 cm³/mol. The van der Waals surface area contributed by atoms with Crippen LogP contribution in [0.25, 0.3) is 11.1 Å². The summed E-state index contributed by atoms with van der Waals surface area (Å²) in [5.74, 6) is 0.571. The minimum atomic E-state index is 0.417. The van der Waals surface area contributed by atoms with Crippen molar-refractivity contribution in [3.8, 4) is 16.9 Å². The third-order valence-corrected chi connectivity index (χ3v) is 3.79. The fraction of sp³-hybridized carbons (Fsp3) is 0.0500. The van der Waals surface area contributed by atoms with E-state index in [-0.39, 0.29) is 0 Å². The summed E-state index contributed by atoms with van der Waals surface area (Å²) in [5, 5.41) is 0.634. The number of carbonyl (C=O) groups excluding carboxylic acids is 1. The van der Waals surface area contributed by atoms with Crippen molar-refractivity contribution >= 4 is 17.9 Å². The first-order valence-electron chi connectivity index (χ1n) is 7.29. The smallest absolute Gasteiger partial charge is 0.154 e. The lowest BCUT2D eigenvalue weighted by Gasteiger charge is -2.12. The first-order valence-corrected chi connectivity index (χ1v) is 7.66. The van der Waals surface area contributed by atoms with Gasteiger partial charge in [0.2, 0.25) is 0 Å². The van der Waals surface area contributed by atoms with Crippen LogP contribution in [0.3, 0.4) is 0 Å². The quantitative estimate of drug-likeness (QED) is 0.588. The Morgan fingerprint density at radius 2 is 1.70 bits per heavy atom. The Morgan fingerprint density at radius 1 is 0.913 bits per heavy atom. The molecule has 23 heavy (non-hydrogen) atoms. The molecule has 0 aliphatic rings. The highest BCUT2D eigenvalue weighted by Gasteiger charge is 2.11. The van der Waals surface area contributed by atoms with Crippen LogP contribution in [0.2, 0.25) is 5.02 Å². The first-order chi connectivity index (χ1) is 11.3. The van der Waals surface area contributed by atoms with E-state index < -0.39 is 0 Å². The van der Waals surface area contributed by atoms with Gasteiger partial charge in [0.15, 0.2) is 6.29 Å². The number of hydrogen-bond acceptors (Lipinski definition) is 2. The second-order valence-corrected chi connectivity index (χ2v) is 5.56. The van der Waals surface area contributed by atoms with E-state index in [2.05, 4.69) is 0 Å². The lowest BCUT2D eigenvalue weighted by Crippen LogP contribution is -1.99. The van der Waals surface area contributed by atoms with Gasteiger partial charge in [-0.25, -0.2) is 0 Å². The van der Waals surface area contributed by atoms with Crippen LogP contribution in [0.4, 0.5) is 0 Å². The zero-order chi connectivity index (χ0) is 16.1. The molecule has 0 saturated carbocycles. The predicted octanol–water partition coefficient (Wildman–Crippen LogP) is 5.40. The number of carbonyl (C=O) groups is 1. The highest BCUT2D eigenvalue weighted by Crippen LogP contribution is 2.31. The topological polar surface area (TPSA) is 26.3 Å². The normalized spacial score (nSPS) is 10.3. The van der Waals surface area contributed by atoms with E-state index in [4.69, 9.17) is 16.3 Å². The molecule has 0 fully saturated rings. The molecule has 0 aromatic heterocycles. The fourth-order valence-electron chi connectivity index (χ4n) is 2.43. The van der Waals surface area contributed by atoms with Crippen LogP contribution in [0.15, 0.2) is 72.8 Å². The van der Waals surface area contributed by atoms with Gasteiger partial charge in [0.05, 0.1) is 5.56 Å². The molecule has 0 bridgehead atoms. The molecular formula is C20H15ClO2. The number of benzene rings is 3. The third-order valence-electron chi connectivity index (χ3n) is 3.56. The molecule has 0 atom stereocenters. The molecule has 2 nitrogen and oxygen atoms in total. The van der Waals surface area contributed by atoms with Gasteiger partial charge in [0, 0.05) is 5.02 Å². The molecule has 0 radical (unpaired) electrons. The highest BCUT2D eigenvalue weighted by atomic mass is 35.5. The maximum Gasteiger partial charge on any atom is 0.154 e. The van der Waals surface area contributed by atoms with Crippen LogP contribution in [0.1, 0.15) is 15.9 Å². The van der Waals surface area contributed by atoms with Gasteiger partial charge in [0.25, 0.3) is 0 Å². The van der Waals surface area contributed by atoms with Gasteiger partial charge >= 0.3 is 0 Å². The number of aldehydes is 1. The zero-order valence-corrected chi connectivity index (χ0v) is 13.2. The average molecular weight is 323 g/mol. The molecule has 0 unspecified atom stereocenters. The Bertz CT molecular complexity index is 813. The van der Waals surface area contributed by atoms with Crippen molar-refractivity contribution < 1.29 is 9.53 Å². The monoisotopic (exact) mass is 322 g/mol. The van der Waals surface area contributed by atoms with E-state index >= 15 is 0 Å². The summed E-state index contributed by atoms with van der Waals surface area (Å²) < 4.78 is 5.84. The van der Waals surface area contributed by atoms with E-state index in [1.165, 1.54) is 0 Å². The number of rotatable bonds is 5. The van der Waals surface area contributed by atoms with Gasteiger partial charge < -0.3 is 4.74 Å². The van der Waals surface area contributed by atoms with E-state index in [9.17, 15) is 4.79 Å². The van der Waals surface area contributed by atoms with E-state index in [0.717, 1.165) is 23.0 Å². The summed E-state index contributed by atoms with van der Waals surface area (Å²) in [7, 11) is 0. The average Bonchev–Trinajstić information content (AvgIpc) is 2.60. The van der Waals surface area contributed by atoms with E-state index in [0.29, 0.717) is 22.9 Å². The number of hydrogen-bond donors (Lipinski definition) is 0. The van der Waals surface area contributed by atoms with Gasteiger partial charge in [-0.2, -0.15) is 0 Å². The summed E-state index contributed by atoms with van der Waals surface area (Å²) in [6.07, 6.45) is 0.830. The first kappa shape index (κ1) is 15.3. The summed E-state index contributed by atoms with van der Waals surface area (Å²) in [6.45, 7) is 0.417. The summed E-state index contributed by atoms with van der Waals surface area (Å²) in [4.78, 5) is 11.6. The third kappa shape index (κ3) is 3.61. The maximum absolute atomic E-state index is 11.6. The Morgan fingerprint density at radius 3 is 2.43 bits per heavy atom. The Labute approximate surface area is 140 Å². The van der Waals surface area contributed by atoms with E-state index in [1.54, 1.807) is 12.1 Å². The molecule has 3 aromatic carbocycles. The minimum absolute atomic E-state index is 0.417. The molecular weight excluding hydrogens is 308 g/mol. The second kappa shape index (κ2) is 7.12. The van der Waals surface area contributed by atoms with Crippen molar-refractivity contribution in [1.82, 2.24) is 0 Å².